The summed E-state index contributed by atoms with van der Waals surface area (Å²) >= 11 is 5.93. The van der Waals surface area contributed by atoms with Crippen molar-refractivity contribution in [2.75, 3.05) is 5.32 Å². The minimum absolute atomic E-state index is 0.0197. The molecule has 1 aliphatic carbocycles. The van der Waals surface area contributed by atoms with Gasteiger partial charge in [0.1, 0.15) is 17.2 Å². The molecule has 1 aliphatic rings. The Bertz CT molecular complexity index is 1880. The lowest BCUT2D eigenvalue weighted by molar-refractivity contribution is 0.0697. The second-order valence-electron chi connectivity index (χ2n) is 11.2. The van der Waals surface area contributed by atoms with Gasteiger partial charge in [-0.05, 0) is 121 Å². The highest BCUT2D eigenvalue weighted by Crippen LogP contribution is 2.30. The third-order valence-corrected chi connectivity index (χ3v) is 8.21. The Morgan fingerprint density at radius 1 is 0.674 bits per heavy atom. The number of carboxylic acids is 1. The average Bonchev–Trinajstić information content (AvgIpc) is 3.06. The van der Waals surface area contributed by atoms with E-state index in [1.165, 1.54) is 6.07 Å². The Kier molecular flexibility index (Phi) is 9.17. The van der Waals surface area contributed by atoms with E-state index in [2.05, 4.69) is 10.6 Å². The molecule has 1 fully saturated rings. The normalized spacial score (nSPS) is 15.9. The first kappa shape index (κ1) is 30.7. The summed E-state index contributed by atoms with van der Waals surface area (Å²) in [5.41, 5.74) is 1.22. The highest BCUT2D eigenvalue weighted by molar-refractivity contribution is 6.30. The minimum atomic E-state index is -1.11. The SMILES string of the molecule is O=C(Nc1ccccc1C(=O)O)c1ccc(Oc2ccc3cc(OC4CCC(NC(=O)c5ccc(Cl)cc5)CC4)ccc3c2)cc1. The molecule has 46 heavy (non-hydrogen) atoms. The van der Waals surface area contributed by atoms with Gasteiger partial charge < -0.3 is 25.2 Å². The lowest BCUT2D eigenvalue weighted by atomic mass is 9.92. The number of rotatable bonds is 9. The summed E-state index contributed by atoms with van der Waals surface area (Å²) < 4.78 is 12.3. The van der Waals surface area contributed by atoms with Crippen LogP contribution in [0.3, 0.4) is 0 Å². The quantitative estimate of drug-likeness (QED) is 0.150. The molecule has 0 radical (unpaired) electrons. The van der Waals surface area contributed by atoms with Crippen molar-refractivity contribution in [1.82, 2.24) is 5.32 Å². The number of nitrogens with one attached hydrogen (secondary N) is 2. The van der Waals surface area contributed by atoms with E-state index in [9.17, 15) is 19.5 Å². The van der Waals surface area contributed by atoms with Gasteiger partial charge in [-0.1, -0.05) is 35.9 Å². The van der Waals surface area contributed by atoms with Gasteiger partial charge >= 0.3 is 5.97 Å². The number of halogens is 1. The van der Waals surface area contributed by atoms with Crippen LogP contribution in [-0.2, 0) is 0 Å². The zero-order chi connectivity index (χ0) is 32.0. The van der Waals surface area contributed by atoms with Gasteiger partial charge in [0, 0.05) is 22.2 Å². The third kappa shape index (κ3) is 7.47. The van der Waals surface area contributed by atoms with E-state index in [0.29, 0.717) is 27.6 Å². The molecule has 5 aromatic rings. The van der Waals surface area contributed by atoms with Crippen LogP contribution in [-0.4, -0.2) is 35.0 Å². The second kappa shape index (κ2) is 13.7. The van der Waals surface area contributed by atoms with Crippen molar-refractivity contribution in [2.45, 2.75) is 37.8 Å². The van der Waals surface area contributed by atoms with Crippen LogP contribution >= 0.6 is 11.6 Å². The van der Waals surface area contributed by atoms with Crippen LogP contribution in [0.25, 0.3) is 10.8 Å². The summed E-state index contributed by atoms with van der Waals surface area (Å²) in [5, 5.41) is 17.7. The van der Waals surface area contributed by atoms with Crippen LogP contribution in [0, 0.1) is 0 Å². The van der Waals surface area contributed by atoms with Gasteiger partial charge in [-0.2, -0.15) is 0 Å². The zero-order valence-electron chi connectivity index (χ0n) is 24.7. The highest BCUT2D eigenvalue weighted by Gasteiger charge is 2.24. The molecular formula is C37H31ClN2O6. The van der Waals surface area contributed by atoms with E-state index in [1.54, 1.807) is 66.7 Å². The van der Waals surface area contributed by atoms with Gasteiger partial charge in [0.25, 0.3) is 11.8 Å². The number of fused-ring (bicyclic) bond motifs is 1. The van der Waals surface area contributed by atoms with Crippen LogP contribution in [0.5, 0.6) is 17.2 Å². The molecule has 8 nitrogen and oxygen atoms in total. The molecule has 1 saturated carbocycles. The monoisotopic (exact) mass is 634 g/mol. The van der Waals surface area contributed by atoms with E-state index in [1.807, 2.05) is 36.4 Å². The van der Waals surface area contributed by atoms with E-state index in [0.717, 1.165) is 42.2 Å². The number of anilines is 1. The fourth-order valence-electron chi connectivity index (χ4n) is 5.51. The van der Waals surface area contributed by atoms with Crippen molar-refractivity contribution in [3.05, 3.63) is 131 Å². The standard InChI is InChI=1S/C37H31ClN2O6/c38-27-11-5-23(6-12-27)35(41)39-28-13-19-30(20-14-28)46-32-18-10-25-21-31(17-9-26(25)22-32)45-29-15-7-24(8-16-29)36(42)40-34-4-2-1-3-33(34)37(43)44/h1-12,15-18,21-22,28,30H,13-14,19-20H2,(H,39,41)(H,40,42)(H,43,44). The molecule has 0 saturated heterocycles. The summed E-state index contributed by atoms with van der Waals surface area (Å²) in [5.74, 6) is 0.387. The molecule has 232 valence electrons. The van der Waals surface area contributed by atoms with Gasteiger partial charge in [0.2, 0.25) is 0 Å². The Labute approximate surface area is 270 Å². The molecule has 0 spiro atoms. The molecule has 0 unspecified atom stereocenters. The number of para-hydroxylation sites is 1. The number of carboxylic acid groups (broad SMARTS) is 1. The fourth-order valence-corrected chi connectivity index (χ4v) is 5.64. The van der Waals surface area contributed by atoms with Crippen LogP contribution in [0.15, 0.2) is 109 Å². The average molecular weight is 635 g/mol. The van der Waals surface area contributed by atoms with Crippen molar-refractivity contribution < 1.29 is 29.0 Å². The Morgan fingerprint density at radius 2 is 1.26 bits per heavy atom. The number of hydrogen-bond acceptors (Lipinski definition) is 5. The molecule has 0 aromatic heterocycles. The largest absolute Gasteiger partial charge is 0.490 e. The van der Waals surface area contributed by atoms with Gasteiger partial charge in [0.15, 0.2) is 0 Å². The highest BCUT2D eigenvalue weighted by atomic mass is 35.5. The molecule has 9 heteroatoms. The van der Waals surface area contributed by atoms with Gasteiger partial charge in [-0.15, -0.1) is 0 Å². The number of carbonyl (C=O) groups is 3. The van der Waals surface area contributed by atoms with Crippen LogP contribution in [0.2, 0.25) is 5.02 Å². The Hall–Kier alpha value is -5.34. The summed E-state index contributed by atoms with van der Waals surface area (Å²) in [4.78, 5) is 36.7. The van der Waals surface area contributed by atoms with E-state index in [-0.39, 0.29) is 29.3 Å². The first-order valence-electron chi connectivity index (χ1n) is 15.0. The summed E-state index contributed by atoms with van der Waals surface area (Å²) in [6, 6.07) is 31.7. The van der Waals surface area contributed by atoms with Crippen LogP contribution in [0.4, 0.5) is 5.69 Å². The zero-order valence-corrected chi connectivity index (χ0v) is 25.5. The fraction of sp³-hybridized carbons (Fsp3) is 0.162. The van der Waals surface area contributed by atoms with Crippen LogP contribution in [0.1, 0.15) is 56.8 Å². The maximum absolute atomic E-state index is 12.7. The number of amides is 2. The summed E-state index contributed by atoms with van der Waals surface area (Å²) in [6.45, 7) is 0. The molecule has 2 amide bonds. The Balaban J connectivity index is 1.01. The van der Waals surface area contributed by atoms with Crippen molar-refractivity contribution >= 4 is 45.8 Å². The topological polar surface area (TPSA) is 114 Å². The van der Waals surface area contributed by atoms with E-state index in [4.69, 9.17) is 21.1 Å². The first-order valence-corrected chi connectivity index (χ1v) is 15.4. The van der Waals surface area contributed by atoms with Gasteiger partial charge in [-0.25, -0.2) is 4.79 Å². The second-order valence-corrected chi connectivity index (χ2v) is 11.6. The van der Waals surface area contributed by atoms with E-state index >= 15 is 0 Å². The predicted octanol–water partition coefficient (Wildman–Crippen LogP) is 8.36. The third-order valence-electron chi connectivity index (χ3n) is 7.96. The predicted molar refractivity (Wildman–Crippen MR) is 177 cm³/mol. The molecule has 3 N–H and O–H groups in total. The molecule has 0 bridgehead atoms. The number of carbonyl (C=O) groups excluding carboxylic acids is 2. The van der Waals surface area contributed by atoms with Gasteiger partial charge in [-0.3, -0.25) is 9.59 Å². The number of aromatic carboxylic acids is 1. The van der Waals surface area contributed by atoms with Crippen molar-refractivity contribution in [1.29, 1.82) is 0 Å². The lowest BCUT2D eigenvalue weighted by Gasteiger charge is -2.29. The summed E-state index contributed by atoms with van der Waals surface area (Å²) in [7, 11) is 0. The van der Waals surface area contributed by atoms with Gasteiger partial charge in [0.05, 0.1) is 17.4 Å². The molecule has 6 rings (SSSR count). The van der Waals surface area contributed by atoms with E-state index < -0.39 is 11.9 Å². The maximum atomic E-state index is 12.7. The summed E-state index contributed by atoms with van der Waals surface area (Å²) in [6.07, 6.45) is 3.49. The first-order chi connectivity index (χ1) is 22.3. The minimum Gasteiger partial charge on any atom is -0.490 e. The Morgan fingerprint density at radius 3 is 1.96 bits per heavy atom. The molecule has 5 aromatic carbocycles. The molecule has 0 atom stereocenters. The smallest absolute Gasteiger partial charge is 0.337 e. The number of benzene rings is 5. The molecule has 0 heterocycles. The van der Waals surface area contributed by atoms with Crippen molar-refractivity contribution in [3.63, 3.8) is 0 Å². The molecule has 0 aliphatic heterocycles. The van der Waals surface area contributed by atoms with Crippen molar-refractivity contribution in [3.8, 4) is 17.2 Å². The number of ether oxygens (including phenoxy) is 2. The number of hydrogen-bond donors (Lipinski definition) is 3. The maximum Gasteiger partial charge on any atom is 0.337 e. The molecular weight excluding hydrogens is 604 g/mol. The van der Waals surface area contributed by atoms with Crippen LogP contribution < -0.4 is 20.1 Å². The van der Waals surface area contributed by atoms with Crippen molar-refractivity contribution in [2.24, 2.45) is 0 Å². The lowest BCUT2D eigenvalue weighted by Crippen LogP contribution is -2.39.